The van der Waals surface area contributed by atoms with Crippen LogP contribution < -0.4 is 15.2 Å². The van der Waals surface area contributed by atoms with E-state index in [1.54, 1.807) is 13.3 Å². The summed E-state index contributed by atoms with van der Waals surface area (Å²) in [6.45, 7) is 1.40. The number of rotatable bonds is 4. The summed E-state index contributed by atoms with van der Waals surface area (Å²) in [6.07, 6.45) is 3.61. The molecule has 1 fully saturated rings. The first-order valence-corrected chi connectivity index (χ1v) is 6.91. The summed E-state index contributed by atoms with van der Waals surface area (Å²) in [5, 5.41) is 3.69. The van der Waals surface area contributed by atoms with Crippen LogP contribution in [-0.2, 0) is 4.74 Å². The quantitative estimate of drug-likeness (QED) is 0.932. The molecular weight excluding hydrogens is 272 g/mol. The van der Waals surface area contributed by atoms with Crippen LogP contribution in [0.1, 0.15) is 12.8 Å². The Morgan fingerprint density at radius 3 is 2.90 bits per heavy atom. The first-order chi connectivity index (χ1) is 10.3. The lowest BCUT2D eigenvalue weighted by atomic mass is 10.1. The Kier molecular flexibility index (Phi) is 3.96. The monoisotopic (exact) mass is 290 g/mol. The predicted octanol–water partition coefficient (Wildman–Crippen LogP) is 2.49. The number of nitrogens with zero attached hydrogens (tertiary/aromatic N) is 1. The molecule has 0 radical (unpaired) electrons. The number of nitrogens with two attached hydrogens (primary N) is 1. The molecule has 1 atom stereocenters. The van der Waals surface area contributed by atoms with Gasteiger partial charge in [-0.05, 0) is 30.5 Å². The van der Waals surface area contributed by atoms with Crippen LogP contribution >= 0.6 is 0 Å². The fourth-order valence-corrected chi connectivity index (χ4v) is 2.39. The van der Waals surface area contributed by atoms with Gasteiger partial charge in [0, 0.05) is 6.61 Å². The van der Waals surface area contributed by atoms with Crippen LogP contribution in [0.25, 0.3) is 11.1 Å². The van der Waals surface area contributed by atoms with Crippen molar-refractivity contribution in [3.63, 3.8) is 0 Å². The Balaban J connectivity index is 1.88. The first kappa shape index (κ1) is 13.8. The van der Waals surface area contributed by atoms with Crippen LogP contribution in [0.5, 0.6) is 11.5 Å². The van der Waals surface area contributed by atoms with Crippen LogP contribution in [0.2, 0.25) is 0 Å². The second kappa shape index (κ2) is 6.05. The number of methoxy groups -OCH3 is 1. The Bertz CT molecular complexity index is 605. The molecule has 0 spiro atoms. The highest BCUT2D eigenvalue weighted by Crippen LogP contribution is 2.35. The van der Waals surface area contributed by atoms with E-state index in [4.69, 9.17) is 24.5 Å². The van der Waals surface area contributed by atoms with E-state index in [1.165, 1.54) is 0 Å². The summed E-state index contributed by atoms with van der Waals surface area (Å²) in [5.41, 5.74) is 7.37. The third kappa shape index (κ3) is 2.95. The molecule has 1 aliphatic heterocycles. The van der Waals surface area contributed by atoms with Gasteiger partial charge in [-0.2, -0.15) is 0 Å². The average Bonchev–Trinajstić information content (AvgIpc) is 2.94. The van der Waals surface area contributed by atoms with Gasteiger partial charge in [-0.25, -0.2) is 0 Å². The van der Waals surface area contributed by atoms with E-state index in [2.05, 4.69) is 5.16 Å². The molecule has 0 aliphatic carbocycles. The molecule has 6 heteroatoms. The maximum Gasteiger partial charge on any atom is 0.229 e. The van der Waals surface area contributed by atoms with Gasteiger partial charge in [0.05, 0.1) is 25.5 Å². The highest BCUT2D eigenvalue weighted by atomic mass is 16.5. The van der Waals surface area contributed by atoms with Crippen molar-refractivity contribution in [2.75, 3.05) is 26.1 Å². The van der Waals surface area contributed by atoms with Gasteiger partial charge in [0.25, 0.3) is 0 Å². The molecule has 0 amide bonds. The van der Waals surface area contributed by atoms with E-state index in [0.717, 1.165) is 30.6 Å². The topological polar surface area (TPSA) is 79.7 Å². The highest BCUT2D eigenvalue weighted by Gasteiger charge is 2.18. The van der Waals surface area contributed by atoms with Gasteiger partial charge in [0.2, 0.25) is 5.88 Å². The summed E-state index contributed by atoms with van der Waals surface area (Å²) >= 11 is 0. The Morgan fingerprint density at radius 1 is 1.33 bits per heavy atom. The van der Waals surface area contributed by atoms with E-state index in [1.807, 2.05) is 18.2 Å². The molecule has 2 aromatic rings. The number of hydrogen-bond acceptors (Lipinski definition) is 6. The second-order valence-electron chi connectivity index (χ2n) is 4.93. The molecule has 1 saturated heterocycles. The molecule has 1 unspecified atom stereocenters. The molecular formula is C15H18N2O4. The Labute approximate surface area is 122 Å². The van der Waals surface area contributed by atoms with E-state index in [9.17, 15) is 0 Å². The van der Waals surface area contributed by atoms with Crippen LogP contribution in [0.3, 0.4) is 0 Å². The molecule has 0 bridgehead atoms. The lowest BCUT2D eigenvalue weighted by Gasteiger charge is -2.24. The van der Waals surface area contributed by atoms with E-state index >= 15 is 0 Å². The van der Waals surface area contributed by atoms with Gasteiger partial charge in [0.15, 0.2) is 11.5 Å². The second-order valence-corrected chi connectivity index (χ2v) is 4.93. The lowest BCUT2D eigenvalue weighted by Crippen LogP contribution is -2.28. The fraction of sp³-hybridized carbons (Fsp3) is 0.400. The van der Waals surface area contributed by atoms with Gasteiger partial charge in [0.1, 0.15) is 6.10 Å². The molecule has 112 valence electrons. The van der Waals surface area contributed by atoms with Crippen LogP contribution in [0.15, 0.2) is 28.9 Å². The third-order valence-corrected chi connectivity index (χ3v) is 3.49. The van der Waals surface area contributed by atoms with Crippen molar-refractivity contribution in [3.8, 4) is 22.6 Å². The zero-order valence-electron chi connectivity index (χ0n) is 11.9. The normalized spacial score (nSPS) is 18.4. The highest BCUT2D eigenvalue weighted by molar-refractivity contribution is 5.74. The van der Waals surface area contributed by atoms with Crippen LogP contribution in [0.4, 0.5) is 5.88 Å². The van der Waals surface area contributed by atoms with Gasteiger partial charge in [-0.1, -0.05) is 11.2 Å². The summed E-state index contributed by atoms with van der Waals surface area (Å²) in [6, 6.07) is 5.63. The predicted molar refractivity (Wildman–Crippen MR) is 77.4 cm³/mol. The SMILES string of the molecule is COc1ccc(-c2cnoc2N)cc1OC1CCCOC1. The molecule has 6 nitrogen and oxygen atoms in total. The van der Waals surface area contributed by atoms with Crippen molar-refractivity contribution in [2.45, 2.75) is 18.9 Å². The Morgan fingerprint density at radius 2 is 2.24 bits per heavy atom. The number of anilines is 1. The molecule has 21 heavy (non-hydrogen) atoms. The molecule has 1 aliphatic rings. The smallest absolute Gasteiger partial charge is 0.229 e. The van der Waals surface area contributed by atoms with Crippen molar-refractivity contribution in [1.82, 2.24) is 5.16 Å². The largest absolute Gasteiger partial charge is 0.493 e. The Hall–Kier alpha value is -2.21. The average molecular weight is 290 g/mol. The molecule has 0 saturated carbocycles. The molecule has 2 heterocycles. The summed E-state index contributed by atoms with van der Waals surface area (Å²) < 4.78 is 21.7. The third-order valence-electron chi connectivity index (χ3n) is 3.49. The number of ether oxygens (including phenoxy) is 3. The minimum absolute atomic E-state index is 0.0442. The molecule has 1 aromatic heterocycles. The summed E-state index contributed by atoms with van der Waals surface area (Å²) in [4.78, 5) is 0. The van der Waals surface area contributed by atoms with Crippen molar-refractivity contribution >= 4 is 5.88 Å². The fourth-order valence-electron chi connectivity index (χ4n) is 2.39. The zero-order chi connectivity index (χ0) is 14.7. The number of aromatic nitrogens is 1. The minimum atomic E-state index is 0.0442. The van der Waals surface area contributed by atoms with Gasteiger partial charge < -0.3 is 24.5 Å². The van der Waals surface area contributed by atoms with Crippen molar-refractivity contribution in [2.24, 2.45) is 0 Å². The first-order valence-electron chi connectivity index (χ1n) is 6.91. The van der Waals surface area contributed by atoms with E-state index < -0.39 is 0 Å². The minimum Gasteiger partial charge on any atom is -0.493 e. The molecule has 2 N–H and O–H groups in total. The van der Waals surface area contributed by atoms with E-state index in [0.29, 0.717) is 18.1 Å². The number of hydrogen-bond donors (Lipinski definition) is 1. The van der Waals surface area contributed by atoms with Crippen molar-refractivity contribution < 1.29 is 18.7 Å². The maximum absolute atomic E-state index is 6.01. The standard InChI is InChI=1S/C15H18N2O4/c1-18-13-5-4-10(12-8-17-21-15(12)16)7-14(13)20-11-3-2-6-19-9-11/h4-5,7-8,11H,2-3,6,9,16H2,1H3. The number of nitrogen functional groups attached to an aromatic ring is 1. The van der Waals surface area contributed by atoms with Crippen LogP contribution in [-0.4, -0.2) is 31.6 Å². The van der Waals surface area contributed by atoms with Gasteiger partial charge in [-0.15, -0.1) is 0 Å². The van der Waals surface area contributed by atoms with E-state index in [-0.39, 0.29) is 12.0 Å². The van der Waals surface area contributed by atoms with Crippen molar-refractivity contribution in [3.05, 3.63) is 24.4 Å². The molecule has 1 aromatic carbocycles. The number of benzene rings is 1. The van der Waals surface area contributed by atoms with Gasteiger partial charge >= 0.3 is 0 Å². The summed E-state index contributed by atoms with van der Waals surface area (Å²) in [5.74, 6) is 1.64. The zero-order valence-corrected chi connectivity index (χ0v) is 11.9. The maximum atomic E-state index is 6.01. The molecule has 3 rings (SSSR count). The van der Waals surface area contributed by atoms with Gasteiger partial charge in [-0.3, -0.25) is 0 Å². The lowest BCUT2D eigenvalue weighted by molar-refractivity contribution is 0.00646. The van der Waals surface area contributed by atoms with Crippen molar-refractivity contribution in [1.29, 1.82) is 0 Å². The van der Waals surface area contributed by atoms with Crippen LogP contribution in [0, 0.1) is 0 Å². The summed E-state index contributed by atoms with van der Waals surface area (Å²) in [7, 11) is 1.62.